The highest BCUT2D eigenvalue weighted by atomic mass is 31.2. The average molecular weight is 921 g/mol. The maximum atomic E-state index is 13.4. The number of hydrogen-bond acceptors (Lipinski definition) is 7. The van der Waals surface area contributed by atoms with Gasteiger partial charge in [0.15, 0.2) is 0 Å². The normalized spacial score (nSPS) is 14.3. The number of rotatable bonds is 47. The number of quaternary nitrogens is 1. The third kappa shape index (κ3) is 45.1. The molecule has 0 saturated heterocycles. The fourth-order valence-corrected chi connectivity index (χ4v) is 8.04. The summed E-state index contributed by atoms with van der Waals surface area (Å²) in [5, 5.41) is 3.00. The lowest BCUT2D eigenvalue weighted by molar-refractivity contribution is -0.870. The van der Waals surface area contributed by atoms with Crippen LogP contribution < -0.4 is 10.2 Å². The molecule has 3 atom stereocenters. The maximum Gasteiger partial charge on any atom is 0.306 e. The van der Waals surface area contributed by atoms with Crippen LogP contribution in [-0.4, -0.2) is 69.4 Å². The third-order valence-corrected chi connectivity index (χ3v) is 12.5. The Morgan fingerprint density at radius 3 is 1.50 bits per heavy atom. The summed E-state index contributed by atoms with van der Waals surface area (Å²) < 4.78 is 30.1. The number of nitrogens with one attached hydrogen (secondary N) is 1. The second kappa shape index (κ2) is 44.8. The number of phosphoric acid groups is 1. The molecule has 0 fully saturated rings. The predicted molar refractivity (Wildman–Crippen MR) is 270 cm³/mol. The lowest BCUT2D eigenvalue weighted by Crippen LogP contribution is -2.47. The smallest absolute Gasteiger partial charge is 0.306 e. The van der Waals surface area contributed by atoms with Gasteiger partial charge < -0.3 is 28.5 Å². The van der Waals surface area contributed by atoms with Gasteiger partial charge in [-0.25, -0.2) is 0 Å². The van der Waals surface area contributed by atoms with E-state index in [1.807, 2.05) is 33.3 Å². The van der Waals surface area contributed by atoms with E-state index < -0.39 is 26.6 Å². The van der Waals surface area contributed by atoms with Crippen LogP contribution >= 0.6 is 7.82 Å². The molecule has 0 aromatic rings. The molecule has 64 heavy (non-hydrogen) atoms. The summed E-state index contributed by atoms with van der Waals surface area (Å²) in [4.78, 5) is 39.6. The Labute approximate surface area is 395 Å². The van der Waals surface area contributed by atoms with E-state index in [2.05, 4.69) is 62.5 Å². The van der Waals surface area contributed by atoms with Crippen LogP contribution in [-0.2, 0) is 27.9 Å². The van der Waals surface area contributed by atoms with Crippen molar-refractivity contribution in [3.63, 3.8) is 0 Å². The molecule has 0 radical (unpaired) electrons. The molecule has 0 bridgehead atoms. The second-order valence-corrected chi connectivity index (χ2v) is 20.5. The number of amides is 1. The second-order valence-electron chi connectivity index (χ2n) is 19.0. The summed E-state index contributed by atoms with van der Waals surface area (Å²) in [5.74, 6) is -0.567. The first-order valence-electron chi connectivity index (χ1n) is 26.5. The number of hydrogen-bond donors (Lipinski definition) is 1. The number of ether oxygens (including phenoxy) is 1. The monoisotopic (exact) mass is 921 g/mol. The number of allylic oxidation sites excluding steroid dienone is 7. The number of carbonyl (C=O) groups excluding carboxylic acids is 2. The highest BCUT2D eigenvalue weighted by molar-refractivity contribution is 7.45. The number of carbonyl (C=O) groups is 2. The summed E-state index contributed by atoms with van der Waals surface area (Å²) in [5.41, 5.74) is 0. The summed E-state index contributed by atoms with van der Waals surface area (Å²) in [7, 11) is 1.17. The van der Waals surface area contributed by atoms with E-state index in [4.69, 9.17) is 13.8 Å². The Morgan fingerprint density at radius 2 is 0.969 bits per heavy atom. The topological polar surface area (TPSA) is 114 Å². The summed E-state index contributed by atoms with van der Waals surface area (Å²) in [6, 6.07) is -0.894. The molecule has 0 aliphatic carbocycles. The van der Waals surface area contributed by atoms with E-state index in [9.17, 15) is 19.0 Å². The van der Waals surface area contributed by atoms with Crippen molar-refractivity contribution in [2.24, 2.45) is 0 Å². The van der Waals surface area contributed by atoms with Gasteiger partial charge >= 0.3 is 5.97 Å². The van der Waals surface area contributed by atoms with E-state index >= 15 is 0 Å². The molecule has 3 unspecified atom stereocenters. The van der Waals surface area contributed by atoms with Gasteiger partial charge in [-0.3, -0.25) is 14.2 Å². The number of phosphoric ester groups is 1. The van der Waals surface area contributed by atoms with Crippen LogP contribution in [0.15, 0.2) is 48.6 Å². The first kappa shape index (κ1) is 62.0. The van der Waals surface area contributed by atoms with E-state index in [-0.39, 0.29) is 24.9 Å². The summed E-state index contributed by atoms with van der Waals surface area (Å²) >= 11 is 0. The van der Waals surface area contributed by atoms with Gasteiger partial charge in [-0.2, -0.15) is 0 Å². The number of nitrogens with zero attached hydrogens (tertiary/aromatic N) is 1. The van der Waals surface area contributed by atoms with Crippen LogP contribution in [0.5, 0.6) is 0 Å². The Morgan fingerprint density at radius 1 is 0.547 bits per heavy atom. The number of likely N-dealkylation sites (N-methyl/N-ethyl adjacent to an activating group) is 1. The molecular weight excluding hydrogens is 820 g/mol. The van der Waals surface area contributed by atoms with Crippen LogP contribution in [0.4, 0.5) is 0 Å². The Hall–Kier alpha value is -2.03. The van der Waals surface area contributed by atoms with Crippen LogP contribution in [0.1, 0.15) is 233 Å². The Kier molecular flexibility index (Phi) is 43.4. The number of unbranched alkanes of at least 4 members (excludes halogenated alkanes) is 26. The van der Waals surface area contributed by atoms with Crippen molar-refractivity contribution in [1.29, 1.82) is 0 Å². The standard InChI is InChI=1S/C54H101N2O7P/c1-7-10-13-16-19-22-25-27-28-29-32-34-37-40-43-46-53(57)55-51(50-62-64(59,60)61-49-48-56(4,5)6)52(45-42-39-36-33-31-26-23-20-17-14-11-8-2)63-54(58)47-44-41-38-35-30-24-21-18-15-12-9-3/h18-19,21-22,25,27,42,45,51-52H,7-17,20,23-24,26,28-41,43-44,46-50H2,1-6H3,(H-,55,57,59,60)/b21-18-,22-19+,27-25+,45-42-. The fourth-order valence-electron chi connectivity index (χ4n) is 7.32. The van der Waals surface area contributed by atoms with E-state index in [0.717, 1.165) is 116 Å². The minimum atomic E-state index is -4.69. The molecule has 10 heteroatoms. The lowest BCUT2D eigenvalue weighted by atomic mass is 10.0. The van der Waals surface area contributed by atoms with Gasteiger partial charge in [-0.1, -0.05) is 192 Å². The first-order valence-corrected chi connectivity index (χ1v) is 27.9. The summed E-state index contributed by atoms with van der Waals surface area (Å²) in [6.07, 6.45) is 52.1. The lowest BCUT2D eigenvalue weighted by Gasteiger charge is -2.30. The highest BCUT2D eigenvalue weighted by Gasteiger charge is 2.27. The van der Waals surface area contributed by atoms with Gasteiger partial charge in [0.2, 0.25) is 5.91 Å². The minimum absolute atomic E-state index is 0.0264. The molecule has 1 amide bonds. The predicted octanol–water partition coefficient (Wildman–Crippen LogP) is 14.7. The average Bonchev–Trinajstić information content (AvgIpc) is 3.25. The van der Waals surface area contributed by atoms with Crippen molar-refractivity contribution in [3.8, 4) is 0 Å². The van der Waals surface area contributed by atoms with Gasteiger partial charge in [0.25, 0.3) is 7.82 Å². The highest BCUT2D eigenvalue weighted by Crippen LogP contribution is 2.38. The molecule has 0 aliphatic rings. The molecule has 1 N–H and O–H groups in total. The van der Waals surface area contributed by atoms with Gasteiger partial charge in [0.05, 0.1) is 33.8 Å². The van der Waals surface area contributed by atoms with Crippen LogP contribution in [0.2, 0.25) is 0 Å². The SMILES string of the molecule is CCCC/C=C\CCCCCCCC(=O)OC(/C=C\CCCCCCCCCCCC)C(COP(=O)([O-])OCC[N+](C)(C)C)NC(=O)CCCCCCCC/C=C/C=C/CCCCC. The van der Waals surface area contributed by atoms with Crippen molar-refractivity contribution >= 4 is 19.7 Å². The van der Waals surface area contributed by atoms with Crippen molar-refractivity contribution in [2.45, 2.75) is 245 Å². The maximum absolute atomic E-state index is 13.4. The van der Waals surface area contributed by atoms with Gasteiger partial charge in [-0.15, -0.1) is 0 Å². The van der Waals surface area contributed by atoms with Crippen LogP contribution in [0, 0.1) is 0 Å². The van der Waals surface area contributed by atoms with Crippen molar-refractivity contribution in [2.75, 3.05) is 40.9 Å². The zero-order valence-corrected chi connectivity index (χ0v) is 43.4. The zero-order chi connectivity index (χ0) is 47.3. The molecule has 374 valence electrons. The minimum Gasteiger partial charge on any atom is -0.756 e. The third-order valence-electron chi connectivity index (χ3n) is 11.5. The Balaban J connectivity index is 5.44. The number of esters is 1. The molecule has 0 rings (SSSR count). The van der Waals surface area contributed by atoms with E-state index in [1.165, 1.54) is 83.5 Å². The van der Waals surface area contributed by atoms with Gasteiger partial charge in [-0.05, 0) is 76.7 Å². The molecule has 0 saturated carbocycles. The largest absolute Gasteiger partial charge is 0.756 e. The molecule has 0 aliphatic heterocycles. The molecular formula is C54H101N2O7P. The van der Waals surface area contributed by atoms with Crippen molar-refractivity contribution < 1.29 is 37.3 Å². The first-order chi connectivity index (χ1) is 30.9. The van der Waals surface area contributed by atoms with Gasteiger partial charge in [0, 0.05) is 12.8 Å². The van der Waals surface area contributed by atoms with Gasteiger partial charge in [0.1, 0.15) is 19.3 Å². The van der Waals surface area contributed by atoms with E-state index in [1.54, 1.807) is 0 Å². The zero-order valence-electron chi connectivity index (χ0n) is 42.5. The molecule has 0 spiro atoms. The molecule has 0 aromatic carbocycles. The fraction of sp³-hybridized carbons (Fsp3) is 0.815. The summed E-state index contributed by atoms with van der Waals surface area (Å²) in [6.45, 7) is 6.74. The van der Waals surface area contributed by atoms with Crippen LogP contribution in [0.3, 0.4) is 0 Å². The van der Waals surface area contributed by atoms with Crippen molar-refractivity contribution in [3.05, 3.63) is 48.6 Å². The van der Waals surface area contributed by atoms with E-state index in [0.29, 0.717) is 17.4 Å². The van der Waals surface area contributed by atoms with Crippen LogP contribution in [0.25, 0.3) is 0 Å². The Bertz CT molecular complexity index is 1240. The molecule has 9 nitrogen and oxygen atoms in total. The quantitative estimate of drug-likeness (QED) is 0.0161. The van der Waals surface area contributed by atoms with Crippen molar-refractivity contribution in [1.82, 2.24) is 5.32 Å². The molecule has 0 aromatic heterocycles. The molecule has 0 heterocycles.